The molecule has 0 atom stereocenters. The van der Waals surface area contributed by atoms with Crippen molar-refractivity contribution in [3.05, 3.63) is 70.5 Å². The van der Waals surface area contributed by atoms with Gasteiger partial charge in [0, 0.05) is 18.5 Å². The van der Waals surface area contributed by atoms with E-state index in [2.05, 4.69) is 0 Å². The summed E-state index contributed by atoms with van der Waals surface area (Å²) in [5.41, 5.74) is 0.0699. The summed E-state index contributed by atoms with van der Waals surface area (Å²) in [6.07, 6.45) is 3.61. The van der Waals surface area contributed by atoms with Gasteiger partial charge in [0.1, 0.15) is 16.9 Å². The molecule has 1 saturated heterocycles. The van der Waals surface area contributed by atoms with Crippen LogP contribution in [0.15, 0.2) is 62.4 Å². The number of carbonyl (C=O) groups is 1. The van der Waals surface area contributed by atoms with Crippen LogP contribution in [0.25, 0.3) is 11.0 Å². The average molecular weight is 383 g/mol. The summed E-state index contributed by atoms with van der Waals surface area (Å²) in [7, 11) is 0. The lowest BCUT2D eigenvalue weighted by Crippen LogP contribution is -2.40. The summed E-state index contributed by atoms with van der Waals surface area (Å²) >= 11 is 1.87. The molecule has 5 nitrogen and oxygen atoms in total. The molecule has 1 aliphatic heterocycles. The largest absolute Gasteiger partial charge is 0.468 e. The van der Waals surface area contributed by atoms with E-state index in [0.717, 1.165) is 35.5 Å². The molecule has 3 heterocycles. The molecule has 0 bridgehead atoms. The zero-order chi connectivity index (χ0) is 18.6. The van der Waals surface area contributed by atoms with Gasteiger partial charge in [-0.2, -0.15) is 11.8 Å². The first-order chi connectivity index (χ1) is 13.2. The molecule has 1 fully saturated rings. The van der Waals surface area contributed by atoms with Crippen molar-refractivity contribution >= 4 is 28.6 Å². The van der Waals surface area contributed by atoms with Gasteiger partial charge in [0.2, 0.25) is 0 Å². The molecule has 3 aromatic rings. The number of likely N-dealkylation sites (tertiary alicyclic amines) is 1. The molecule has 140 valence electrons. The Bertz CT molecular complexity index is 971. The Labute approximate surface area is 161 Å². The van der Waals surface area contributed by atoms with Gasteiger partial charge in [-0.05, 0) is 48.8 Å². The van der Waals surface area contributed by atoms with E-state index in [-0.39, 0.29) is 11.5 Å². The minimum absolute atomic E-state index is 0.124. The smallest absolute Gasteiger partial charge is 0.349 e. The van der Waals surface area contributed by atoms with Crippen LogP contribution in [-0.4, -0.2) is 29.6 Å². The van der Waals surface area contributed by atoms with Crippen molar-refractivity contribution in [3.8, 4) is 0 Å². The van der Waals surface area contributed by atoms with Crippen LogP contribution in [0.3, 0.4) is 0 Å². The van der Waals surface area contributed by atoms with Crippen LogP contribution in [0.4, 0.5) is 0 Å². The highest BCUT2D eigenvalue weighted by Gasteiger charge is 2.26. The van der Waals surface area contributed by atoms with E-state index >= 15 is 0 Å². The van der Waals surface area contributed by atoms with Gasteiger partial charge in [-0.3, -0.25) is 4.79 Å². The van der Waals surface area contributed by atoms with Crippen LogP contribution in [0.1, 0.15) is 29.0 Å². The molecule has 0 aliphatic carbocycles. The Morgan fingerprint density at radius 1 is 1.15 bits per heavy atom. The van der Waals surface area contributed by atoms with Crippen molar-refractivity contribution in [2.24, 2.45) is 5.92 Å². The molecule has 1 amide bonds. The van der Waals surface area contributed by atoms with E-state index in [9.17, 15) is 9.59 Å². The Balaban J connectivity index is 1.34. The second-order valence-electron chi connectivity index (χ2n) is 6.82. The van der Waals surface area contributed by atoms with Gasteiger partial charge in [-0.1, -0.05) is 18.2 Å². The van der Waals surface area contributed by atoms with Gasteiger partial charge in [-0.25, -0.2) is 4.79 Å². The van der Waals surface area contributed by atoms with Crippen LogP contribution >= 0.6 is 11.8 Å². The molecular weight excluding hydrogens is 362 g/mol. The monoisotopic (exact) mass is 383 g/mol. The van der Waals surface area contributed by atoms with Gasteiger partial charge in [0.05, 0.1) is 12.0 Å². The maximum absolute atomic E-state index is 12.8. The lowest BCUT2D eigenvalue weighted by Gasteiger charge is -2.31. The standard InChI is InChI=1S/C21H21NO4S/c23-20(18-12-16-4-1-2-6-19(16)26-21(18)24)22-9-7-15(8-10-22)13-27-14-17-5-3-11-25-17/h1-6,11-12,15H,7-10,13-14H2. The summed E-state index contributed by atoms with van der Waals surface area (Å²) in [6.45, 7) is 1.36. The highest BCUT2D eigenvalue weighted by atomic mass is 32.2. The Hall–Kier alpha value is -2.47. The SMILES string of the molecule is O=C(c1cc2ccccc2oc1=O)N1CCC(CSCc2ccco2)CC1. The molecule has 0 unspecified atom stereocenters. The lowest BCUT2D eigenvalue weighted by molar-refractivity contribution is 0.0694. The zero-order valence-corrected chi connectivity index (χ0v) is 15.7. The normalized spacial score (nSPS) is 15.3. The number of nitrogens with zero attached hydrogens (tertiary/aromatic N) is 1. The predicted molar refractivity (Wildman–Crippen MR) is 106 cm³/mol. The number of carbonyl (C=O) groups excluding carboxylic acids is 1. The van der Waals surface area contributed by atoms with Crippen LogP contribution in [0.5, 0.6) is 0 Å². The molecular formula is C21H21NO4S. The maximum atomic E-state index is 12.8. The summed E-state index contributed by atoms with van der Waals surface area (Å²) in [5.74, 6) is 3.29. The van der Waals surface area contributed by atoms with E-state index < -0.39 is 5.63 Å². The average Bonchev–Trinajstić information content (AvgIpc) is 3.21. The summed E-state index contributed by atoms with van der Waals surface area (Å²) < 4.78 is 10.6. The first-order valence-corrected chi connectivity index (χ1v) is 10.3. The summed E-state index contributed by atoms with van der Waals surface area (Å²) in [6, 6.07) is 12.8. The van der Waals surface area contributed by atoms with Gasteiger partial charge < -0.3 is 13.7 Å². The van der Waals surface area contributed by atoms with Gasteiger partial charge in [-0.15, -0.1) is 0 Å². The quantitative estimate of drug-likeness (QED) is 0.619. The molecule has 0 radical (unpaired) electrons. The zero-order valence-electron chi connectivity index (χ0n) is 14.9. The molecule has 0 N–H and O–H groups in total. The highest BCUT2D eigenvalue weighted by molar-refractivity contribution is 7.98. The number of furan rings is 1. The summed E-state index contributed by atoms with van der Waals surface area (Å²) in [5, 5.41) is 0.768. The van der Waals surface area contributed by atoms with Crippen LogP contribution in [0, 0.1) is 5.92 Å². The Morgan fingerprint density at radius 2 is 1.96 bits per heavy atom. The van der Waals surface area contributed by atoms with E-state index in [1.807, 2.05) is 36.0 Å². The number of amides is 1. The van der Waals surface area contributed by atoms with Crippen molar-refractivity contribution in [1.29, 1.82) is 0 Å². The van der Waals surface area contributed by atoms with E-state index in [0.29, 0.717) is 24.6 Å². The fraction of sp³-hybridized carbons (Fsp3) is 0.333. The number of rotatable bonds is 5. The molecule has 6 heteroatoms. The van der Waals surface area contributed by atoms with Gasteiger partial charge in [0.25, 0.3) is 5.91 Å². The fourth-order valence-corrected chi connectivity index (χ4v) is 4.55. The number of piperidine rings is 1. The minimum Gasteiger partial charge on any atom is -0.468 e. The molecule has 1 aliphatic rings. The Kier molecular flexibility index (Phi) is 5.34. The third-order valence-electron chi connectivity index (χ3n) is 4.95. The Morgan fingerprint density at radius 3 is 2.74 bits per heavy atom. The van der Waals surface area contributed by atoms with Crippen molar-refractivity contribution in [3.63, 3.8) is 0 Å². The molecule has 2 aromatic heterocycles. The molecule has 0 saturated carbocycles. The van der Waals surface area contributed by atoms with Crippen molar-refractivity contribution < 1.29 is 13.6 Å². The van der Waals surface area contributed by atoms with Crippen molar-refractivity contribution in [2.45, 2.75) is 18.6 Å². The van der Waals surface area contributed by atoms with Gasteiger partial charge >= 0.3 is 5.63 Å². The molecule has 27 heavy (non-hydrogen) atoms. The number of hydrogen-bond acceptors (Lipinski definition) is 5. The fourth-order valence-electron chi connectivity index (χ4n) is 3.40. The van der Waals surface area contributed by atoms with E-state index in [1.54, 1.807) is 29.4 Å². The number of hydrogen-bond donors (Lipinski definition) is 0. The second kappa shape index (κ2) is 8.05. The first-order valence-electron chi connectivity index (χ1n) is 9.13. The molecule has 1 aromatic carbocycles. The molecule has 0 spiro atoms. The number of benzene rings is 1. The van der Waals surface area contributed by atoms with Crippen LogP contribution in [-0.2, 0) is 5.75 Å². The third-order valence-corrected chi connectivity index (χ3v) is 6.15. The van der Waals surface area contributed by atoms with Crippen LogP contribution in [0.2, 0.25) is 0 Å². The van der Waals surface area contributed by atoms with Crippen molar-refractivity contribution in [2.75, 3.05) is 18.8 Å². The maximum Gasteiger partial charge on any atom is 0.349 e. The number of thioether (sulfide) groups is 1. The minimum atomic E-state index is -0.560. The van der Waals surface area contributed by atoms with Crippen LogP contribution < -0.4 is 5.63 Å². The topological polar surface area (TPSA) is 63.7 Å². The predicted octanol–water partition coefficient (Wildman–Crippen LogP) is 4.17. The van der Waals surface area contributed by atoms with E-state index in [1.165, 1.54) is 0 Å². The third kappa shape index (κ3) is 4.11. The second-order valence-corrected chi connectivity index (χ2v) is 7.85. The van der Waals surface area contributed by atoms with Gasteiger partial charge in [0.15, 0.2) is 0 Å². The molecule has 4 rings (SSSR count). The first kappa shape index (κ1) is 17.9. The summed E-state index contributed by atoms with van der Waals surface area (Å²) in [4.78, 5) is 26.8. The number of fused-ring (bicyclic) bond motifs is 1. The lowest BCUT2D eigenvalue weighted by atomic mass is 9.98. The van der Waals surface area contributed by atoms with E-state index in [4.69, 9.17) is 8.83 Å². The van der Waals surface area contributed by atoms with Crippen molar-refractivity contribution in [1.82, 2.24) is 4.90 Å². The number of para-hydroxylation sites is 1. The highest BCUT2D eigenvalue weighted by Crippen LogP contribution is 2.25.